The molecule has 0 saturated carbocycles. The Hall–Kier alpha value is -3.55. The minimum absolute atomic E-state index is 0.0721. The Morgan fingerprint density at radius 2 is 1.23 bits per heavy atom. The van der Waals surface area contributed by atoms with Crippen molar-refractivity contribution in [2.24, 2.45) is 0 Å². The molecule has 0 aliphatic carbocycles. The number of phenols is 2. The molecule has 0 bridgehead atoms. The zero-order valence-corrected chi connectivity index (χ0v) is 22.1. The smallest absolute Gasteiger partial charge is 0.239 e. The monoisotopic (exact) mass is 610 g/mol. The molecular weight excluding hydrogens is 580 g/mol. The second-order valence-electron chi connectivity index (χ2n) is 10.1. The van der Waals surface area contributed by atoms with Crippen molar-refractivity contribution in [3.8, 4) is 34.3 Å². The molecule has 2 aliphatic rings. The Kier molecular flexibility index (Phi) is 8.77. The number of hydrogen-bond donors (Lipinski definition) is 10. The molecule has 10 atom stereocenters. The third kappa shape index (κ3) is 5.73. The highest BCUT2D eigenvalue weighted by molar-refractivity contribution is 5.88. The lowest BCUT2D eigenvalue weighted by atomic mass is 9.99. The highest BCUT2D eigenvalue weighted by Gasteiger charge is 2.46. The average molecular weight is 611 g/mol. The van der Waals surface area contributed by atoms with Gasteiger partial charge in [0.05, 0.1) is 13.2 Å². The maximum absolute atomic E-state index is 13.6. The van der Waals surface area contributed by atoms with Crippen molar-refractivity contribution >= 4 is 11.0 Å². The molecular formula is C27H30O16. The molecule has 3 heterocycles. The van der Waals surface area contributed by atoms with Crippen LogP contribution < -0.4 is 14.9 Å². The van der Waals surface area contributed by atoms with Crippen LogP contribution in [0.25, 0.3) is 22.3 Å². The molecule has 0 radical (unpaired) electrons. The lowest BCUT2D eigenvalue weighted by Crippen LogP contribution is -2.60. The van der Waals surface area contributed by atoms with Crippen molar-refractivity contribution in [2.75, 3.05) is 13.2 Å². The van der Waals surface area contributed by atoms with Gasteiger partial charge in [0.15, 0.2) is 5.76 Å². The molecule has 43 heavy (non-hydrogen) atoms. The van der Waals surface area contributed by atoms with Gasteiger partial charge in [-0.05, 0) is 24.3 Å². The Balaban J connectivity index is 1.51. The van der Waals surface area contributed by atoms with Gasteiger partial charge in [0.1, 0.15) is 77.0 Å². The van der Waals surface area contributed by atoms with E-state index >= 15 is 0 Å². The molecule has 2 aliphatic heterocycles. The van der Waals surface area contributed by atoms with E-state index < -0.39 is 103 Å². The van der Waals surface area contributed by atoms with E-state index in [0.29, 0.717) is 0 Å². The van der Waals surface area contributed by atoms with Gasteiger partial charge in [0, 0.05) is 17.7 Å². The van der Waals surface area contributed by atoms with Crippen LogP contribution in [0.15, 0.2) is 45.6 Å². The highest BCUT2D eigenvalue weighted by Crippen LogP contribution is 2.38. The second kappa shape index (κ2) is 12.2. The highest BCUT2D eigenvalue weighted by atomic mass is 16.7. The summed E-state index contributed by atoms with van der Waals surface area (Å²) in [4.78, 5) is 13.6. The molecule has 5 rings (SSSR count). The number of aliphatic hydroxyl groups is 8. The van der Waals surface area contributed by atoms with Gasteiger partial charge in [-0.3, -0.25) is 4.79 Å². The summed E-state index contributed by atoms with van der Waals surface area (Å²) in [7, 11) is 0. The number of aliphatic hydroxyl groups excluding tert-OH is 8. The Bertz CT molecular complexity index is 1490. The third-order valence-electron chi connectivity index (χ3n) is 7.22. The Morgan fingerprint density at radius 3 is 1.77 bits per heavy atom. The van der Waals surface area contributed by atoms with Gasteiger partial charge in [-0.25, -0.2) is 0 Å². The van der Waals surface area contributed by atoms with Gasteiger partial charge in [-0.1, -0.05) is 0 Å². The standard InChI is InChI=1S/C27H30O16/c28-7-14-17(32)20(35)22(37)26(41-14)39-11-3-1-9(2-4-11)24-25(19(34)16-12(31)5-10(30)6-13(16)40-24)43-27-23(38)21(36)18(33)15(8-29)42-27/h1-6,14-15,17-18,20-23,26-33,35-38H,7-8H2/t14-,15+,17-,18+,20+,21+,22-,23-,26-,27+/m1/s1. The minimum Gasteiger partial charge on any atom is -0.508 e. The van der Waals surface area contributed by atoms with E-state index in [-0.39, 0.29) is 22.7 Å². The fraction of sp³-hybridized carbons (Fsp3) is 0.444. The van der Waals surface area contributed by atoms with Crippen LogP contribution in [0.5, 0.6) is 23.0 Å². The van der Waals surface area contributed by atoms with Crippen LogP contribution in [-0.2, 0) is 9.47 Å². The van der Waals surface area contributed by atoms with Crippen molar-refractivity contribution in [2.45, 2.75) is 61.4 Å². The van der Waals surface area contributed by atoms with Gasteiger partial charge >= 0.3 is 0 Å². The SMILES string of the molecule is O=c1c(O[C@@H]2O[C@@H](CO)[C@H](O)[C@H](O)[C@H]2O)c(-c2ccc(O[C@@H]3O[C@H](CO)[C@@H](O)[C@H](O)[C@H]3O)cc2)oc2cc(O)cc(O)c12. The van der Waals surface area contributed by atoms with Crippen LogP contribution in [0.3, 0.4) is 0 Å². The first-order chi connectivity index (χ1) is 20.4. The molecule has 2 saturated heterocycles. The number of fused-ring (bicyclic) bond motifs is 1. The van der Waals surface area contributed by atoms with Gasteiger partial charge in [0.2, 0.25) is 23.8 Å². The van der Waals surface area contributed by atoms with Crippen molar-refractivity contribution in [3.63, 3.8) is 0 Å². The molecule has 1 aromatic heterocycles. The van der Waals surface area contributed by atoms with Crippen LogP contribution in [0, 0.1) is 0 Å². The van der Waals surface area contributed by atoms with E-state index in [4.69, 9.17) is 23.4 Å². The zero-order chi connectivity index (χ0) is 31.2. The second-order valence-corrected chi connectivity index (χ2v) is 10.1. The number of rotatable bonds is 7. The topological polar surface area (TPSA) is 269 Å². The number of phenolic OH excluding ortho intramolecular Hbond substituents is 2. The lowest BCUT2D eigenvalue weighted by Gasteiger charge is -2.39. The van der Waals surface area contributed by atoms with E-state index in [9.17, 15) is 55.9 Å². The summed E-state index contributed by atoms with van der Waals surface area (Å²) >= 11 is 0. The van der Waals surface area contributed by atoms with E-state index in [1.54, 1.807) is 0 Å². The largest absolute Gasteiger partial charge is 0.508 e. The van der Waals surface area contributed by atoms with Crippen LogP contribution in [0.4, 0.5) is 0 Å². The van der Waals surface area contributed by atoms with E-state index in [2.05, 4.69) is 0 Å². The fourth-order valence-electron chi connectivity index (χ4n) is 4.83. The summed E-state index contributed by atoms with van der Waals surface area (Å²) in [5.41, 5.74) is -1.07. The van der Waals surface area contributed by atoms with E-state index in [1.165, 1.54) is 24.3 Å². The first-order valence-corrected chi connectivity index (χ1v) is 13.0. The number of benzene rings is 2. The third-order valence-corrected chi connectivity index (χ3v) is 7.22. The summed E-state index contributed by atoms with van der Waals surface area (Å²) < 4.78 is 27.7. The molecule has 2 fully saturated rings. The molecule has 234 valence electrons. The minimum atomic E-state index is -1.89. The predicted molar refractivity (Wildman–Crippen MR) is 140 cm³/mol. The maximum Gasteiger partial charge on any atom is 0.239 e. The predicted octanol–water partition coefficient (Wildman–Crippen LogP) is -2.77. The Labute approximate surface area is 241 Å². The number of ether oxygens (including phenoxy) is 4. The number of aromatic hydroxyl groups is 2. The first kappa shape index (κ1) is 30.9. The van der Waals surface area contributed by atoms with Crippen molar-refractivity contribution in [1.82, 2.24) is 0 Å². The molecule has 0 amide bonds. The van der Waals surface area contributed by atoms with Crippen LogP contribution in [0.2, 0.25) is 0 Å². The Morgan fingerprint density at radius 1 is 0.698 bits per heavy atom. The maximum atomic E-state index is 13.6. The summed E-state index contributed by atoms with van der Waals surface area (Å²) in [6.07, 6.45) is -16.2. The molecule has 0 spiro atoms. The van der Waals surface area contributed by atoms with Crippen LogP contribution >= 0.6 is 0 Å². The molecule has 16 nitrogen and oxygen atoms in total. The van der Waals surface area contributed by atoms with Gasteiger partial charge in [0.25, 0.3) is 0 Å². The van der Waals surface area contributed by atoms with Crippen molar-refractivity contribution in [3.05, 3.63) is 46.6 Å². The van der Waals surface area contributed by atoms with Gasteiger partial charge in [-0.2, -0.15) is 0 Å². The number of hydrogen-bond acceptors (Lipinski definition) is 16. The quantitative estimate of drug-likeness (QED) is 0.130. The van der Waals surface area contributed by atoms with Gasteiger partial charge < -0.3 is 74.4 Å². The van der Waals surface area contributed by atoms with Crippen LogP contribution in [-0.4, -0.2) is 126 Å². The van der Waals surface area contributed by atoms with Crippen LogP contribution in [0.1, 0.15) is 0 Å². The molecule has 3 aromatic rings. The van der Waals surface area contributed by atoms with E-state index in [1.807, 2.05) is 0 Å². The molecule has 0 unspecified atom stereocenters. The van der Waals surface area contributed by atoms with E-state index in [0.717, 1.165) is 12.1 Å². The molecule has 10 N–H and O–H groups in total. The normalized spacial score (nSPS) is 32.9. The van der Waals surface area contributed by atoms with Gasteiger partial charge in [-0.15, -0.1) is 0 Å². The summed E-state index contributed by atoms with van der Waals surface area (Å²) in [5, 5.41) is 99.7. The summed E-state index contributed by atoms with van der Waals surface area (Å²) in [5.74, 6) is -1.91. The lowest BCUT2D eigenvalue weighted by molar-refractivity contribution is -0.277. The molecule has 16 heteroatoms. The zero-order valence-electron chi connectivity index (χ0n) is 22.1. The fourth-order valence-corrected chi connectivity index (χ4v) is 4.83. The van der Waals surface area contributed by atoms with Crippen molar-refractivity contribution < 1.29 is 74.4 Å². The summed E-state index contributed by atoms with van der Waals surface area (Å²) in [6.45, 7) is -1.42. The first-order valence-electron chi connectivity index (χ1n) is 13.0. The molecule has 2 aromatic carbocycles. The average Bonchev–Trinajstić information content (AvgIpc) is 2.98. The summed E-state index contributed by atoms with van der Waals surface area (Å²) in [6, 6.07) is 7.38. The van der Waals surface area contributed by atoms with Crippen molar-refractivity contribution in [1.29, 1.82) is 0 Å².